The maximum absolute atomic E-state index is 8.65. The number of hydrogen-bond donors (Lipinski definition) is 4. The molecule has 0 saturated heterocycles. The number of phenols is 2. The van der Waals surface area contributed by atoms with Crippen LogP contribution in [0.25, 0.3) is 0 Å². The van der Waals surface area contributed by atoms with Crippen molar-refractivity contribution in [2.24, 2.45) is 11.5 Å². The number of nitrogens with two attached hydrogens (primary N) is 2. The van der Waals surface area contributed by atoms with Crippen LogP contribution in [0.2, 0.25) is 0 Å². The first-order chi connectivity index (χ1) is 5.70. The molecule has 4 nitrogen and oxygen atoms in total. The third-order valence-electron chi connectivity index (χ3n) is 1.02. The molecule has 0 aliphatic rings. The Labute approximate surface area is 81.2 Å². The zero-order chi connectivity index (χ0) is 9.40. The molecule has 1 atom stereocenters. The van der Waals surface area contributed by atoms with Crippen LogP contribution >= 0.6 is 9.90 Å². The Hall–Kier alpha value is -0.830. The molecule has 1 rings (SSSR count). The molecule has 0 heterocycles. The molecule has 76 valence electrons. The molecule has 0 fully saturated rings. The predicted molar refractivity (Wildman–Crippen MR) is 59.0 cm³/mol. The first-order valence-electron chi connectivity index (χ1n) is 3.59. The summed E-state index contributed by atoms with van der Waals surface area (Å²) in [5, 5.41) is 17.3. The fourth-order valence-electron chi connectivity index (χ4n) is 0.453. The van der Waals surface area contributed by atoms with Gasteiger partial charge in [0.15, 0.2) is 0 Å². The minimum atomic E-state index is 0. The Morgan fingerprint density at radius 2 is 1.08 bits per heavy atom. The number of rotatable bonds is 1. The van der Waals surface area contributed by atoms with Crippen molar-refractivity contribution in [3.05, 3.63) is 24.3 Å². The SMILES string of the molecule is NCCN.Oc1ccc(O)cc1.P. The standard InChI is InChI=1S/C6H6O2.C2H8N2.H3P/c7-5-1-2-6(8)4-3-5;3-1-2-4;/h1-4,7-8H;1-4H2;1H3. The average molecular weight is 204 g/mol. The molecule has 0 saturated carbocycles. The second kappa shape index (κ2) is 9.26. The van der Waals surface area contributed by atoms with Gasteiger partial charge in [-0.1, -0.05) is 0 Å². The second-order valence-corrected chi connectivity index (χ2v) is 2.09. The average Bonchev–Trinajstić information content (AvgIpc) is 2.11. The molecule has 0 amide bonds. The minimum Gasteiger partial charge on any atom is -0.508 e. The quantitative estimate of drug-likeness (QED) is 0.384. The summed E-state index contributed by atoms with van der Waals surface area (Å²) in [7, 11) is 0. The summed E-state index contributed by atoms with van der Waals surface area (Å²) in [6.45, 7) is 1.19. The van der Waals surface area contributed by atoms with Crippen molar-refractivity contribution < 1.29 is 10.2 Å². The summed E-state index contributed by atoms with van der Waals surface area (Å²) < 4.78 is 0. The first kappa shape index (κ1) is 14.7. The predicted octanol–water partition coefficient (Wildman–Crippen LogP) is 0.0597. The van der Waals surface area contributed by atoms with E-state index in [9.17, 15) is 0 Å². The van der Waals surface area contributed by atoms with Gasteiger partial charge in [0.25, 0.3) is 0 Å². The van der Waals surface area contributed by atoms with Gasteiger partial charge in [-0.25, -0.2) is 0 Å². The Bertz CT molecular complexity index is 181. The van der Waals surface area contributed by atoms with Crippen molar-refractivity contribution >= 4 is 9.90 Å². The molecule has 1 aromatic carbocycles. The van der Waals surface area contributed by atoms with Crippen LogP contribution in [0.3, 0.4) is 0 Å². The van der Waals surface area contributed by atoms with E-state index in [1.54, 1.807) is 0 Å². The van der Waals surface area contributed by atoms with Gasteiger partial charge in [0.2, 0.25) is 0 Å². The highest BCUT2D eigenvalue weighted by Crippen LogP contribution is 2.13. The van der Waals surface area contributed by atoms with Crippen molar-refractivity contribution in [2.45, 2.75) is 0 Å². The summed E-state index contributed by atoms with van der Waals surface area (Å²) in [5.74, 6) is 0.339. The fraction of sp³-hybridized carbons (Fsp3) is 0.250. The summed E-state index contributed by atoms with van der Waals surface area (Å²) in [6.07, 6.45) is 0. The summed E-state index contributed by atoms with van der Waals surface area (Å²) in [4.78, 5) is 0. The highest BCUT2D eigenvalue weighted by molar-refractivity contribution is 6.92. The maximum atomic E-state index is 8.65. The van der Waals surface area contributed by atoms with E-state index in [4.69, 9.17) is 21.7 Å². The molecule has 0 aromatic heterocycles. The summed E-state index contributed by atoms with van der Waals surface area (Å²) in [6, 6.07) is 5.70. The molecule has 1 unspecified atom stereocenters. The lowest BCUT2D eigenvalue weighted by molar-refractivity contribution is 0.460. The zero-order valence-corrected chi connectivity index (χ0v) is 8.89. The van der Waals surface area contributed by atoms with Crippen LogP contribution in [0.4, 0.5) is 0 Å². The number of phenolic OH excluding ortho intramolecular Hbond substituents is 2. The zero-order valence-electron chi connectivity index (χ0n) is 7.48. The lowest BCUT2D eigenvalue weighted by atomic mass is 10.3. The van der Waals surface area contributed by atoms with Gasteiger partial charge in [-0.05, 0) is 24.3 Å². The van der Waals surface area contributed by atoms with E-state index < -0.39 is 0 Å². The van der Waals surface area contributed by atoms with Gasteiger partial charge in [0, 0.05) is 13.1 Å². The minimum absolute atomic E-state index is 0. The normalized spacial score (nSPS) is 7.85. The molecule has 5 heteroatoms. The van der Waals surface area contributed by atoms with Crippen molar-refractivity contribution in [3.8, 4) is 11.5 Å². The maximum Gasteiger partial charge on any atom is 0.115 e. The van der Waals surface area contributed by atoms with Crippen molar-refractivity contribution in [1.82, 2.24) is 0 Å². The Morgan fingerprint density at radius 3 is 1.23 bits per heavy atom. The van der Waals surface area contributed by atoms with Gasteiger partial charge in [-0.15, -0.1) is 0 Å². The Kier molecular flexibility index (Phi) is 10.5. The van der Waals surface area contributed by atoms with E-state index in [-0.39, 0.29) is 21.4 Å². The van der Waals surface area contributed by atoms with Crippen LogP contribution in [-0.2, 0) is 0 Å². The number of aromatic hydroxyl groups is 2. The van der Waals surface area contributed by atoms with Crippen LogP contribution < -0.4 is 11.5 Å². The Morgan fingerprint density at radius 1 is 0.846 bits per heavy atom. The molecular weight excluding hydrogens is 187 g/mol. The van der Waals surface area contributed by atoms with Crippen molar-refractivity contribution in [1.29, 1.82) is 0 Å². The fourth-order valence-corrected chi connectivity index (χ4v) is 0.453. The van der Waals surface area contributed by atoms with E-state index in [1.165, 1.54) is 24.3 Å². The van der Waals surface area contributed by atoms with Crippen LogP contribution in [0, 0.1) is 0 Å². The highest BCUT2D eigenvalue weighted by Gasteiger charge is 1.84. The van der Waals surface area contributed by atoms with Gasteiger partial charge in [0.1, 0.15) is 11.5 Å². The molecule has 6 N–H and O–H groups in total. The van der Waals surface area contributed by atoms with Crippen LogP contribution in [0.15, 0.2) is 24.3 Å². The van der Waals surface area contributed by atoms with Crippen LogP contribution in [-0.4, -0.2) is 23.3 Å². The second-order valence-electron chi connectivity index (χ2n) is 2.09. The van der Waals surface area contributed by atoms with E-state index in [1.807, 2.05) is 0 Å². The number of benzene rings is 1. The monoisotopic (exact) mass is 204 g/mol. The topological polar surface area (TPSA) is 92.5 Å². The number of hydrogen-bond acceptors (Lipinski definition) is 4. The van der Waals surface area contributed by atoms with Gasteiger partial charge >= 0.3 is 0 Å². The summed E-state index contributed by atoms with van der Waals surface area (Å²) in [5.41, 5.74) is 9.81. The van der Waals surface area contributed by atoms with Gasteiger partial charge < -0.3 is 21.7 Å². The van der Waals surface area contributed by atoms with E-state index >= 15 is 0 Å². The molecule has 0 aliphatic carbocycles. The summed E-state index contributed by atoms with van der Waals surface area (Å²) >= 11 is 0. The molecule has 0 spiro atoms. The molecule has 0 aliphatic heterocycles. The van der Waals surface area contributed by atoms with Gasteiger partial charge in [-0.2, -0.15) is 9.90 Å². The lowest BCUT2D eigenvalue weighted by Crippen LogP contribution is -2.11. The molecule has 0 radical (unpaired) electrons. The smallest absolute Gasteiger partial charge is 0.115 e. The van der Waals surface area contributed by atoms with E-state index in [0.29, 0.717) is 13.1 Å². The lowest BCUT2D eigenvalue weighted by Gasteiger charge is -1.88. The highest BCUT2D eigenvalue weighted by atomic mass is 31.0. The molecular formula is C8H17N2O2P. The third kappa shape index (κ3) is 9.08. The molecule has 13 heavy (non-hydrogen) atoms. The van der Waals surface area contributed by atoms with E-state index in [2.05, 4.69) is 0 Å². The van der Waals surface area contributed by atoms with Crippen LogP contribution in [0.1, 0.15) is 0 Å². The van der Waals surface area contributed by atoms with Crippen LogP contribution in [0.5, 0.6) is 11.5 Å². The van der Waals surface area contributed by atoms with E-state index in [0.717, 1.165) is 0 Å². The van der Waals surface area contributed by atoms with Crippen molar-refractivity contribution in [2.75, 3.05) is 13.1 Å². The first-order valence-corrected chi connectivity index (χ1v) is 3.59. The third-order valence-corrected chi connectivity index (χ3v) is 1.02. The molecule has 0 bridgehead atoms. The largest absolute Gasteiger partial charge is 0.508 e. The van der Waals surface area contributed by atoms with Crippen molar-refractivity contribution in [3.63, 3.8) is 0 Å². The van der Waals surface area contributed by atoms with Gasteiger partial charge in [-0.3, -0.25) is 0 Å². The van der Waals surface area contributed by atoms with Gasteiger partial charge in [0.05, 0.1) is 0 Å². The Balaban J connectivity index is 0. The molecule has 1 aromatic rings.